The Morgan fingerprint density at radius 3 is 1.31 bits per heavy atom. The van der Waals surface area contributed by atoms with Crippen LogP contribution in [0.5, 0.6) is 17.2 Å². The first-order chi connectivity index (χ1) is 24.6. The molecule has 0 saturated heterocycles. The summed E-state index contributed by atoms with van der Waals surface area (Å²) < 4.78 is 75.0. The van der Waals surface area contributed by atoms with Crippen molar-refractivity contribution in [3.63, 3.8) is 0 Å². The molecule has 3 rings (SSSR count). The van der Waals surface area contributed by atoms with E-state index in [0.717, 1.165) is 20.0 Å². The molecule has 0 bridgehead atoms. The van der Waals surface area contributed by atoms with Crippen LogP contribution in [0.25, 0.3) is 0 Å². The summed E-state index contributed by atoms with van der Waals surface area (Å²) in [4.78, 5) is 0. The highest BCUT2D eigenvalue weighted by molar-refractivity contribution is 9.11. The second-order valence-corrected chi connectivity index (χ2v) is 19.8. The van der Waals surface area contributed by atoms with Crippen molar-refractivity contribution in [2.75, 3.05) is 58.6 Å². The van der Waals surface area contributed by atoms with Crippen molar-refractivity contribution < 1.29 is 46.0 Å². The number of hydrogen-bond donors (Lipinski definition) is 2. The molecule has 0 aliphatic heterocycles. The molecule has 19 heteroatoms. The minimum absolute atomic E-state index is 0.0329. The highest BCUT2D eigenvalue weighted by Crippen LogP contribution is 2.52. The number of nitrogens with one attached hydrogen (secondary N) is 1. The van der Waals surface area contributed by atoms with Crippen LogP contribution in [-0.2, 0) is 31.8 Å². The number of halogens is 4. The molecule has 0 aromatic heterocycles. The second-order valence-electron chi connectivity index (χ2n) is 9.66. The molecule has 2 unspecified atom stereocenters. The molecule has 0 aliphatic carbocycles. The van der Waals surface area contributed by atoms with E-state index in [4.69, 9.17) is 49.3 Å². The predicted molar refractivity (Wildman–Crippen MR) is 222 cm³/mol. The third-order valence-corrected chi connectivity index (χ3v) is 12.1. The first-order valence-electron chi connectivity index (χ1n) is 16.3. The Morgan fingerprint density at radius 2 is 0.962 bits per heavy atom. The van der Waals surface area contributed by atoms with Crippen LogP contribution in [0.15, 0.2) is 86.2 Å². The lowest BCUT2D eigenvalue weighted by molar-refractivity contribution is 0.197. The molecule has 3 aromatic rings. The monoisotopic (exact) mass is 1000 g/mol. The van der Waals surface area contributed by atoms with Gasteiger partial charge in [-0.05, 0) is 100 Å². The van der Waals surface area contributed by atoms with Crippen molar-refractivity contribution in [1.82, 2.24) is 5.09 Å². The van der Waals surface area contributed by atoms with Gasteiger partial charge in [-0.1, -0.05) is 79.8 Å². The van der Waals surface area contributed by atoms with Gasteiger partial charge in [-0.15, -0.1) is 0 Å². The van der Waals surface area contributed by atoms with Gasteiger partial charge in [0.1, 0.15) is 17.2 Å². The van der Waals surface area contributed by atoms with E-state index >= 15 is 0 Å². The van der Waals surface area contributed by atoms with E-state index in [1.165, 1.54) is 0 Å². The fraction of sp³-hybridized carbons (Fsp3) is 0.455. The minimum atomic E-state index is -3.14. The van der Waals surface area contributed by atoms with Crippen molar-refractivity contribution in [3.05, 3.63) is 86.2 Å². The van der Waals surface area contributed by atoms with Crippen molar-refractivity contribution in [1.29, 1.82) is 0 Å². The van der Waals surface area contributed by atoms with Gasteiger partial charge in [-0.3, -0.25) is 13.7 Å². The molecule has 0 fully saturated rings. The summed E-state index contributed by atoms with van der Waals surface area (Å²) in [5, 5.41) is 2.84. The normalized spacial score (nSPS) is 13.0. The van der Waals surface area contributed by atoms with Gasteiger partial charge in [0, 0.05) is 20.0 Å². The van der Waals surface area contributed by atoms with E-state index in [1.807, 2.05) is 69.3 Å². The maximum Gasteiger partial charge on any atom is 0.367 e. The Hall–Kier alpha value is -0.760. The van der Waals surface area contributed by atoms with E-state index in [-0.39, 0.29) is 19.0 Å². The standard InChI is InChI=1S/C11H17BrNO3P.C11H16BrO4P.C9H11BrClO3P.C2H7N/c1-3-13-17(14,16-4-2)9-15-11-7-5-6-10(12)8-11;1-3-15-17(13,16-4-2)9-14-11-7-5-6-10(12)8-11;1-2-14-15(11,12)7-13-9-5-3-4-8(10)6-9;1-2-3/h5-8H,3-4,9H2,1-2H3,(H,13,14);5-8H,3-4,9H2,1-2H3;3-6H,2,7H2,1H3;2-3H2,1H3. The van der Waals surface area contributed by atoms with Crippen LogP contribution >= 0.6 is 80.9 Å². The lowest BCUT2D eigenvalue weighted by Gasteiger charge is -2.18. The number of benzene rings is 3. The molecule has 12 nitrogen and oxygen atoms in total. The zero-order valence-corrected chi connectivity index (χ0v) is 38.5. The topological polar surface area (TPSA) is 154 Å². The summed E-state index contributed by atoms with van der Waals surface area (Å²) in [5.74, 6) is 1.89. The van der Waals surface area contributed by atoms with Gasteiger partial charge in [0.05, 0.1) is 26.4 Å². The van der Waals surface area contributed by atoms with Crippen LogP contribution in [0.1, 0.15) is 41.5 Å². The summed E-state index contributed by atoms with van der Waals surface area (Å²) >= 11 is 15.6. The average Bonchev–Trinajstić information content (AvgIpc) is 3.07. The third kappa shape index (κ3) is 25.3. The van der Waals surface area contributed by atoms with Crippen LogP contribution in [0.3, 0.4) is 0 Å². The van der Waals surface area contributed by atoms with Gasteiger partial charge >= 0.3 is 21.8 Å². The zero-order valence-electron chi connectivity index (χ0n) is 30.3. The van der Waals surface area contributed by atoms with Gasteiger partial charge in [-0.25, -0.2) is 5.09 Å². The van der Waals surface area contributed by atoms with Crippen molar-refractivity contribution in [2.24, 2.45) is 5.73 Å². The smallest absolute Gasteiger partial charge is 0.367 e. The summed E-state index contributed by atoms with van der Waals surface area (Å²) in [6, 6.07) is 21.9. The highest BCUT2D eigenvalue weighted by atomic mass is 79.9. The number of rotatable bonds is 19. The summed E-state index contributed by atoms with van der Waals surface area (Å²) in [7, 11) is -6.02. The average molecular weight is 1000 g/mol. The Kier molecular flexibility index (Phi) is 29.1. The van der Waals surface area contributed by atoms with Gasteiger partial charge in [0.25, 0.3) is 0 Å². The van der Waals surface area contributed by atoms with Crippen LogP contribution in [0.4, 0.5) is 0 Å². The Bertz CT molecular complexity index is 1450. The molecule has 0 amide bonds. The molecule has 3 N–H and O–H groups in total. The largest absolute Gasteiger partial charge is 0.482 e. The molecular formula is C33H51Br3ClN2O10P3. The lowest BCUT2D eigenvalue weighted by atomic mass is 10.3. The van der Waals surface area contributed by atoms with Crippen LogP contribution in [0, 0.1) is 0 Å². The van der Waals surface area contributed by atoms with Crippen molar-refractivity contribution in [3.8, 4) is 17.2 Å². The van der Waals surface area contributed by atoms with E-state index in [1.54, 1.807) is 45.0 Å². The maximum absolute atomic E-state index is 12.2. The Balaban J connectivity index is 0.000000723. The first-order valence-corrected chi connectivity index (χ1v) is 24.9. The molecule has 2 atom stereocenters. The second kappa shape index (κ2) is 29.5. The fourth-order valence-electron chi connectivity index (χ4n) is 3.45. The van der Waals surface area contributed by atoms with Crippen LogP contribution in [-0.4, -0.2) is 58.6 Å². The molecular weight excluding hydrogens is 952 g/mol. The van der Waals surface area contributed by atoms with Crippen molar-refractivity contribution in [2.45, 2.75) is 41.5 Å². The zero-order chi connectivity index (χ0) is 39.5. The summed E-state index contributed by atoms with van der Waals surface area (Å²) in [6.45, 7) is 10.4. The van der Waals surface area contributed by atoms with Crippen LogP contribution < -0.4 is 25.0 Å². The first kappa shape index (κ1) is 51.2. The third-order valence-electron chi connectivity index (χ3n) is 5.27. The number of hydrogen-bond acceptors (Lipinski definition) is 11. The van der Waals surface area contributed by atoms with Gasteiger partial charge in [-0.2, -0.15) is 0 Å². The molecule has 0 radical (unpaired) electrons. The van der Waals surface area contributed by atoms with Gasteiger partial charge < -0.3 is 38.0 Å². The molecule has 3 aromatic carbocycles. The molecule has 0 heterocycles. The highest BCUT2D eigenvalue weighted by Gasteiger charge is 2.25. The van der Waals surface area contributed by atoms with Crippen molar-refractivity contribution >= 4 is 80.9 Å². The Morgan fingerprint density at radius 1 is 0.596 bits per heavy atom. The predicted octanol–water partition coefficient (Wildman–Crippen LogP) is 11.9. The minimum Gasteiger partial charge on any atom is -0.482 e. The number of nitrogens with two attached hydrogens (primary N) is 1. The Labute approximate surface area is 339 Å². The van der Waals surface area contributed by atoms with E-state index < -0.39 is 21.8 Å². The molecule has 52 heavy (non-hydrogen) atoms. The molecule has 0 saturated carbocycles. The SMILES string of the molecule is CCN.CCNP(=O)(COc1cccc(Br)c1)OCC.CCOP(=O)(COc1cccc(Br)c1)OCC.CCOP(=O)(Cl)COc1cccc(Br)c1. The quantitative estimate of drug-likeness (QED) is 0.110. The van der Waals surface area contributed by atoms with E-state index in [2.05, 4.69) is 52.9 Å². The van der Waals surface area contributed by atoms with Crippen LogP contribution in [0.2, 0.25) is 0 Å². The maximum atomic E-state index is 12.2. The lowest BCUT2D eigenvalue weighted by Crippen LogP contribution is -2.17. The molecule has 0 aliphatic rings. The summed E-state index contributed by atoms with van der Waals surface area (Å²) in [5.41, 5.74) is 4.85. The fourth-order valence-corrected chi connectivity index (χ4v) is 8.58. The summed E-state index contributed by atoms with van der Waals surface area (Å²) in [6.07, 6.45) is -0.172. The van der Waals surface area contributed by atoms with Gasteiger partial charge in [0.2, 0.25) is 0 Å². The molecule has 296 valence electrons. The van der Waals surface area contributed by atoms with E-state index in [0.29, 0.717) is 50.2 Å². The number of ether oxygens (including phenoxy) is 3. The van der Waals surface area contributed by atoms with Gasteiger partial charge in [0.15, 0.2) is 19.0 Å². The van der Waals surface area contributed by atoms with E-state index in [9.17, 15) is 13.7 Å². The molecule has 0 spiro atoms.